The summed E-state index contributed by atoms with van der Waals surface area (Å²) < 4.78 is 0. The molecule has 1 rings (SSSR count). The predicted molar refractivity (Wildman–Crippen MR) is 84.3 cm³/mol. The van der Waals surface area contributed by atoms with Crippen LogP contribution in [0.3, 0.4) is 0 Å². The molecule has 3 nitrogen and oxygen atoms in total. The van der Waals surface area contributed by atoms with Gasteiger partial charge in [0.2, 0.25) is 0 Å². The van der Waals surface area contributed by atoms with Gasteiger partial charge in [-0.15, -0.1) is 11.3 Å². The number of nitrogens with two attached hydrogens (primary N) is 1. The van der Waals surface area contributed by atoms with Crippen molar-refractivity contribution in [3.05, 3.63) is 16.6 Å². The Morgan fingerprint density at radius 3 is 2.63 bits per heavy atom. The van der Waals surface area contributed by atoms with Crippen LogP contribution >= 0.6 is 11.3 Å². The normalized spacial score (nSPS) is 14.0. The molecule has 0 aliphatic rings. The van der Waals surface area contributed by atoms with Gasteiger partial charge in [0.25, 0.3) is 0 Å². The van der Waals surface area contributed by atoms with E-state index in [1.807, 2.05) is 5.51 Å². The molecule has 110 valence electrons. The first-order valence-corrected chi connectivity index (χ1v) is 8.13. The van der Waals surface area contributed by atoms with Crippen LogP contribution in [-0.2, 0) is 6.54 Å². The summed E-state index contributed by atoms with van der Waals surface area (Å²) in [6, 6.07) is 0. The van der Waals surface area contributed by atoms with Gasteiger partial charge in [-0.05, 0) is 50.7 Å². The molecule has 0 saturated carbocycles. The summed E-state index contributed by atoms with van der Waals surface area (Å²) in [4.78, 5) is 6.69. The van der Waals surface area contributed by atoms with E-state index in [0.29, 0.717) is 5.41 Å². The molecule has 1 atom stereocenters. The molecular weight excluding hydrogens is 254 g/mol. The van der Waals surface area contributed by atoms with E-state index in [1.165, 1.54) is 18.5 Å². The van der Waals surface area contributed by atoms with Crippen molar-refractivity contribution in [2.24, 2.45) is 17.1 Å². The highest BCUT2D eigenvalue weighted by atomic mass is 32.1. The van der Waals surface area contributed by atoms with Crippen LogP contribution in [-0.4, -0.2) is 30.0 Å². The van der Waals surface area contributed by atoms with Crippen LogP contribution in [0, 0.1) is 11.3 Å². The van der Waals surface area contributed by atoms with Gasteiger partial charge in [-0.1, -0.05) is 20.8 Å². The maximum absolute atomic E-state index is 5.73. The van der Waals surface area contributed by atoms with Gasteiger partial charge in [0, 0.05) is 11.9 Å². The lowest BCUT2D eigenvalue weighted by Gasteiger charge is -2.31. The summed E-state index contributed by atoms with van der Waals surface area (Å²) in [5, 5.41) is 2.13. The first kappa shape index (κ1) is 16.6. The minimum atomic E-state index is 0.368. The lowest BCUT2D eigenvalue weighted by molar-refractivity contribution is 0.199. The Labute approximate surface area is 122 Å². The van der Waals surface area contributed by atoms with Crippen molar-refractivity contribution < 1.29 is 0 Å². The molecule has 0 bridgehead atoms. The third-order valence-corrected chi connectivity index (χ3v) is 4.38. The van der Waals surface area contributed by atoms with Gasteiger partial charge in [-0.3, -0.25) is 0 Å². The largest absolute Gasteiger partial charge is 0.330 e. The fraction of sp³-hybridized carbons (Fsp3) is 0.800. The molecule has 0 amide bonds. The summed E-state index contributed by atoms with van der Waals surface area (Å²) in [5.74, 6) is 0.727. The van der Waals surface area contributed by atoms with Gasteiger partial charge >= 0.3 is 0 Å². The summed E-state index contributed by atoms with van der Waals surface area (Å²) >= 11 is 1.67. The molecule has 0 radical (unpaired) electrons. The van der Waals surface area contributed by atoms with E-state index in [0.717, 1.165) is 32.0 Å². The van der Waals surface area contributed by atoms with Crippen LogP contribution in [0.15, 0.2) is 10.9 Å². The van der Waals surface area contributed by atoms with Gasteiger partial charge in [0.15, 0.2) is 0 Å². The number of hydrogen-bond acceptors (Lipinski definition) is 4. The predicted octanol–water partition coefficient (Wildman–Crippen LogP) is 3.37. The van der Waals surface area contributed by atoms with Crippen LogP contribution < -0.4 is 5.73 Å². The number of hydrogen-bond donors (Lipinski definition) is 1. The summed E-state index contributed by atoms with van der Waals surface area (Å²) in [6.45, 7) is 9.87. The first-order chi connectivity index (χ1) is 8.93. The third kappa shape index (κ3) is 6.50. The monoisotopic (exact) mass is 283 g/mol. The number of aromatic nitrogens is 1. The minimum absolute atomic E-state index is 0.368. The van der Waals surface area contributed by atoms with E-state index in [-0.39, 0.29) is 0 Å². The molecule has 1 aromatic rings. The molecule has 0 aliphatic carbocycles. The molecule has 1 unspecified atom stereocenters. The molecule has 1 heterocycles. The zero-order valence-corrected chi connectivity index (χ0v) is 13.7. The van der Waals surface area contributed by atoms with Crippen molar-refractivity contribution >= 4 is 11.3 Å². The fourth-order valence-electron chi connectivity index (χ4n) is 2.49. The van der Waals surface area contributed by atoms with Gasteiger partial charge in [-0.25, -0.2) is 4.98 Å². The van der Waals surface area contributed by atoms with Crippen molar-refractivity contribution in [3.8, 4) is 0 Å². The molecule has 2 N–H and O–H groups in total. The van der Waals surface area contributed by atoms with Crippen LogP contribution in [0.1, 0.15) is 45.7 Å². The number of thiazole rings is 1. The average molecular weight is 283 g/mol. The van der Waals surface area contributed by atoms with Crippen LogP contribution in [0.4, 0.5) is 0 Å². The van der Waals surface area contributed by atoms with Crippen molar-refractivity contribution in [1.82, 2.24) is 9.88 Å². The summed E-state index contributed by atoms with van der Waals surface area (Å²) in [6.07, 6.45) is 3.64. The molecule has 0 aliphatic heterocycles. The van der Waals surface area contributed by atoms with Crippen molar-refractivity contribution in [2.45, 2.75) is 46.6 Å². The molecule has 0 saturated heterocycles. The molecule has 19 heavy (non-hydrogen) atoms. The topological polar surface area (TPSA) is 42.1 Å². The molecule has 4 heteroatoms. The quantitative estimate of drug-likeness (QED) is 0.795. The molecule has 0 aromatic carbocycles. The van der Waals surface area contributed by atoms with Gasteiger partial charge < -0.3 is 10.6 Å². The first-order valence-electron chi connectivity index (χ1n) is 7.19. The average Bonchev–Trinajstić information content (AvgIpc) is 2.79. The molecule has 0 spiro atoms. The van der Waals surface area contributed by atoms with Gasteiger partial charge in [-0.2, -0.15) is 0 Å². The van der Waals surface area contributed by atoms with Gasteiger partial charge in [0.1, 0.15) is 0 Å². The summed E-state index contributed by atoms with van der Waals surface area (Å²) in [5.41, 5.74) is 9.18. The second kappa shape index (κ2) is 7.98. The Bertz CT molecular complexity index is 330. The Balaban J connectivity index is 2.27. The van der Waals surface area contributed by atoms with Crippen LogP contribution in [0.5, 0.6) is 0 Å². The van der Waals surface area contributed by atoms with E-state index < -0.39 is 0 Å². The smallest absolute Gasteiger partial charge is 0.0795 e. The number of nitrogens with zero attached hydrogens (tertiary/aromatic N) is 2. The lowest BCUT2D eigenvalue weighted by atomic mass is 9.76. The highest BCUT2D eigenvalue weighted by Crippen LogP contribution is 2.32. The zero-order valence-electron chi connectivity index (χ0n) is 12.9. The summed E-state index contributed by atoms with van der Waals surface area (Å²) in [7, 11) is 2.17. The maximum atomic E-state index is 5.73. The zero-order chi connectivity index (χ0) is 14.3. The van der Waals surface area contributed by atoms with E-state index in [2.05, 4.69) is 43.1 Å². The van der Waals surface area contributed by atoms with Crippen LogP contribution in [0.25, 0.3) is 0 Å². The Morgan fingerprint density at radius 1 is 1.37 bits per heavy atom. The second-order valence-corrected chi connectivity index (χ2v) is 7.22. The molecular formula is C15H29N3S. The van der Waals surface area contributed by atoms with Crippen molar-refractivity contribution in [2.75, 3.05) is 20.1 Å². The SMILES string of the molecule is CN(CCCC(CCN)C(C)(C)C)Cc1cscn1. The van der Waals surface area contributed by atoms with E-state index >= 15 is 0 Å². The van der Waals surface area contributed by atoms with Gasteiger partial charge in [0.05, 0.1) is 11.2 Å². The van der Waals surface area contributed by atoms with E-state index in [1.54, 1.807) is 11.3 Å². The highest BCUT2D eigenvalue weighted by Gasteiger charge is 2.23. The van der Waals surface area contributed by atoms with Crippen LogP contribution in [0.2, 0.25) is 0 Å². The van der Waals surface area contributed by atoms with E-state index in [9.17, 15) is 0 Å². The Hall–Kier alpha value is -0.450. The maximum Gasteiger partial charge on any atom is 0.0795 e. The van der Waals surface area contributed by atoms with Crippen molar-refractivity contribution in [1.29, 1.82) is 0 Å². The van der Waals surface area contributed by atoms with E-state index in [4.69, 9.17) is 5.73 Å². The fourth-order valence-corrected chi connectivity index (χ4v) is 3.04. The minimum Gasteiger partial charge on any atom is -0.330 e. The standard InChI is InChI=1S/C15H29N3S/c1-15(2,3)13(7-8-16)6-5-9-18(4)10-14-11-19-12-17-14/h11-13H,5-10,16H2,1-4H3. The molecule has 0 fully saturated rings. The second-order valence-electron chi connectivity index (χ2n) is 6.50. The third-order valence-electron chi connectivity index (χ3n) is 3.75. The Kier molecular flexibility index (Phi) is 6.97. The number of rotatable bonds is 8. The highest BCUT2D eigenvalue weighted by molar-refractivity contribution is 7.07. The molecule has 1 aromatic heterocycles. The van der Waals surface area contributed by atoms with Crippen molar-refractivity contribution in [3.63, 3.8) is 0 Å². The Morgan fingerprint density at radius 2 is 2.11 bits per heavy atom. The lowest BCUT2D eigenvalue weighted by Crippen LogP contribution is -2.25.